The first-order valence-electron chi connectivity index (χ1n) is 14.4. The summed E-state index contributed by atoms with van der Waals surface area (Å²) in [5, 5.41) is 2.89. The Labute approximate surface area is 255 Å². The maximum atomic E-state index is 14.4. The molecule has 0 aliphatic rings. The van der Waals surface area contributed by atoms with Crippen molar-refractivity contribution in [3.63, 3.8) is 0 Å². The average molecular weight is 598 g/mol. The van der Waals surface area contributed by atoms with Crippen LogP contribution in [-0.4, -0.2) is 44.3 Å². The molecule has 0 bridgehead atoms. The molecular formula is C35H39N3O4S. The summed E-state index contributed by atoms with van der Waals surface area (Å²) in [5.41, 5.74) is 4.96. The molecule has 0 fully saturated rings. The van der Waals surface area contributed by atoms with Crippen molar-refractivity contribution in [2.75, 3.05) is 17.4 Å². The van der Waals surface area contributed by atoms with Crippen molar-refractivity contribution in [1.82, 2.24) is 10.2 Å². The molecule has 1 atom stereocenters. The number of nitrogens with one attached hydrogen (secondary N) is 1. The summed E-state index contributed by atoms with van der Waals surface area (Å²) in [7, 11) is -4.12. The van der Waals surface area contributed by atoms with Crippen LogP contribution in [0.3, 0.4) is 0 Å². The zero-order valence-corrected chi connectivity index (χ0v) is 26.0. The Balaban J connectivity index is 1.79. The minimum absolute atomic E-state index is 0.0852. The van der Waals surface area contributed by atoms with Gasteiger partial charge in [-0.15, -0.1) is 0 Å². The molecule has 0 aliphatic carbocycles. The standard InChI is InChI=1S/C35H39N3O4S/c1-5-36-35(40)33(23-29-11-7-6-8-12-29)37(24-30-18-14-26(2)15-19-30)34(39)25-38(31-13-9-10-28(4)22-31)43(41,42)32-20-16-27(3)17-21-32/h6-22,33H,5,23-25H2,1-4H3,(H,36,40). The smallest absolute Gasteiger partial charge is 0.264 e. The lowest BCUT2D eigenvalue weighted by molar-refractivity contribution is -0.140. The minimum Gasteiger partial charge on any atom is -0.355 e. The van der Waals surface area contributed by atoms with Crippen molar-refractivity contribution in [3.8, 4) is 0 Å². The number of amides is 2. The Morgan fingerprint density at radius 3 is 1.98 bits per heavy atom. The van der Waals surface area contributed by atoms with Crippen LogP contribution < -0.4 is 9.62 Å². The molecule has 4 rings (SSSR count). The normalized spacial score (nSPS) is 11.9. The van der Waals surface area contributed by atoms with Crippen molar-refractivity contribution in [1.29, 1.82) is 0 Å². The summed E-state index contributed by atoms with van der Waals surface area (Å²) in [6.07, 6.45) is 0.277. The van der Waals surface area contributed by atoms with Gasteiger partial charge >= 0.3 is 0 Å². The number of likely N-dealkylation sites (N-methyl/N-ethyl adjacent to an activating group) is 1. The van der Waals surface area contributed by atoms with E-state index in [0.717, 1.165) is 32.1 Å². The topological polar surface area (TPSA) is 86.8 Å². The van der Waals surface area contributed by atoms with Gasteiger partial charge in [0, 0.05) is 19.5 Å². The summed E-state index contributed by atoms with van der Waals surface area (Å²) in [5.74, 6) is -0.778. The number of benzene rings is 4. The fourth-order valence-electron chi connectivity index (χ4n) is 4.89. The van der Waals surface area contributed by atoms with Crippen LogP contribution in [0.15, 0.2) is 108 Å². The van der Waals surface area contributed by atoms with E-state index in [1.54, 1.807) is 42.5 Å². The minimum atomic E-state index is -4.12. The van der Waals surface area contributed by atoms with Crippen LogP contribution in [0.2, 0.25) is 0 Å². The number of rotatable bonds is 12. The highest BCUT2D eigenvalue weighted by Crippen LogP contribution is 2.26. The molecule has 0 saturated carbocycles. The molecule has 0 heterocycles. The summed E-state index contributed by atoms with van der Waals surface area (Å²) < 4.78 is 29.3. The Bertz CT molecular complexity index is 1640. The first-order valence-corrected chi connectivity index (χ1v) is 15.8. The Morgan fingerprint density at radius 1 is 0.744 bits per heavy atom. The number of nitrogens with zero attached hydrogens (tertiary/aromatic N) is 2. The van der Waals surface area contributed by atoms with Crippen LogP contribution in [0, 0.1) is 20.8 Å². The molecule has 1 N–H and O–H groups in total. The van der Waals surface area contributed by atoms with Gasteiger partial charge in [0.1, 0.15) is 12.6 Å². The van der Waals surface area contributed by atoms with Crippen LogP contribution >= 0.6 is 0 Å². The molecule has 4 aromatic rings. The van der Waals surface area contributed by atoms with Gasteiger partial charge in [0.2, 0.25) is 11.8 Å². The fraction of sp³-hybridized carbons (Fsp3) is 0.257. The second kappa shape index (κ2) is 14.2. The maximum Gasteiger partial charge on any atom is 0.264 e. The molecule has 0 aromatic heterocycles. The average Bonchev–Trinajstić information content (AvgIpc) is 2.99. The van der Waals surface area contributed by atoms with E-state index < -0.39 is 28.5 Å². The third kappa shape index (κ3) is 8.11. The number of carbonyl (C=O) groups excluding carboxylic acids is 2. The van der Waals surface area contributed by atoms with Crippen molar-refractivity contribution < 1.29 is 18.0 Å². The van der Waals surface area contributed by atoms with Gasteiger partial charge in [0.05, 0.1) is 10.6 Å². The van der Waals surface area contributed by atoms with E-state index in [1.165, 1.54) is 4.90 Å². The molecular weight excluding hydrogens is 558 g/mol. The van der Waals surface area contributed by atoms with Gasteiger partial charge in [0.25, 0.3) is 10.0 Å². The van der Waals surface area contributed by atoms with Crippen molar-refractivity contribution in [2.45, 2.75) is 51.6 Å². The van der Waals surface area contributed by atoms with E-state index >= 15 is 0 Å². The molecule has 0 aliphatic heterocycles. The molecule has 0 saturated heterocycles. The molecule has 0 spiro atoms. The Kier molecular flexibility index (Phi) is 10.4. The number of anilines is 1. The van der Waals surface area contributed by atoms with Gasteiger partial charge in [-0.1, -0.05) is 90.0 Å². The highest BCUT2D eigenvalue weighted by Gasteiger charge is 2.34. The number of carbonyl (C=O) groups is 2. The van der Waals surface area contributed by atoms with Gasteiger partial charge in [-0.2, -0.15) is 0 Å². The molecule has 1 unspecified atom stereocenters. The summed E-state index contributed by atoms with van der Waals surface area (Å²) in [4.78, 5) is 29.5. The monoisotopic (exact) mass is 597 g/mol. The zero-order chi connectivity index (χ0) is 31.0. The first-order chi connectivity index (χ1) is 20.6. The lowest BCUT2D eigenvalue weighted by Gasteiger charge is -2.34. The fourth-order valence-corrected chi connectivity index (χ4v) is 6.29. The van der Waals surface area contributed by atoms with Gasteiger partial charge in [0.15, 0.2) is 0 Å². The Morgan fingerprint density at radius 2 is 1.37 bits per heavy atom. The quantitative estimate of drug-likeness (QED) is 0.231. The number of hydrogen-bond acceptors (Lipinski definition) is 4. The third-order valence-corrected chi connectivity index (χ3v) is 9.06. The molecule has 7 nitrogen and oxygen atoms in total. The lowest BCUT2D eigenvalue weighted by Crippen LogP contribution is -2.53. The lowest BCUT2D eigenvalue weighted by atomic mass is 10.0. The van der Waals surface area contributed by atoms with Crippen LogP contribution in [0.5, 0.6) is 0 Å². The maximum absolute atomic E-state index is 14.4. The van der Waals surface area contributed by atoms with Gasteiger partial charge in [-0.25, -0.2) is 8.42 Å². The van der Waals surface area contributed by atoms with Crippen LogP contribution in [0.1, 0.15) is 34.7 Å². The van der Waals surface area contributed by atoms with E-state index in [-0.39, 0.29) is 23.8 Å². The van der Waals surface area contributed by atoms with Crippen LogP contribution in [0.25, 0.3) is 0 Å². The van der Waals surface area contributed by atoms with E-state index in [2.05, 4.69) is 5.32 Å². The molecule has 0 radical (unpaired) electrons. The number of sulfonamides is 1. The van der Waals surface area contributed by atoms with Crippen LogP contribution in [0.4, 0.5) is 5.69 Å². The predicted molar refractivity (Wildman–Crippen MR) is 171 cm³/mol. The second-order valence-corrected chi connectivity index (χ2v) is 12.6. The predicted octanol–water partition coefficient (Wildman–Crippen LogP) is 5.58. The van der Waals surface area contributed by atoms with Gasteiger partial charge in [-0.05, 0) is 68.7 Å². The zero-order valence-electron chi connectivity index (χ0n) is 25.2. The second-order valence-electron chi connectivity index (χ2n) is 10.8. The van der Waals surface area contributed by atoms with E-state index in [1.807, 2.05) is 88.4 Å². The SMILES string of the molecule is CCNC(=O)C(Cc1ccccc1)N(Cc1ccc(C)cc1)C(=O)CN(c1cccc(C)c1)S(=O)(=O)c1ccc(C)cc1. The molecule has 224 valence electrons. The third-order valence-electron chi connectivity index (χ3n) is 7.27. The summed E-state index contributed by atoms with van der Waals surface area (Å²) >= 11 is 0. The van der Waals surface area contributed by atoms with Crippen LogP contribution in [-0.2, 0) is 32.6 Å². The largest absolute Gasteiger partial charge is 0.355 e. The van der Waals surface area contributed by atoms with E-state index in [4.69, 9.17) is 0 Å². The number of hydrogen-bond donors (Lipinski definition) is 1. The van der Waals surface area contributed by atoms with E-state index in [0.29, 0.717) is 12.2 Å². The first kappa shape index (κ1) is 31.5. The van der Waals surface area contributed by atoms with Crippen molar-refractivity contribution >= 4 is 27.5 Å². The highest BCUT2D eigenvalue weighted by atomic mass is 32.2. The van der Waals surface area contributed by atoms with E-state index in [9.17, 15) is 18.0 Å². The van der Waals surface area contributed by atoms with Crippen molar-refractivity contribution in [2.24, 2.45) is 0 Å². The summed E-state index contributed by atoms with van der Waals surface area (Å²) in [6, 6.07) is 30.1. The van der Waals surface area contributed by atoms with Gasteiger partial charge < -0.3 is 10.2 Å². The summed E-state index contributed by atoms with van der Waals surface area (Å²) in [6.45, 7) is 7.63. The molecule has 2 amide bonds. The Hall–Kier alpha value is -4.43. The number of aryl methyl sites for hydroxylation is 3. The molecule has 43 heavy (non-hydrogen) atoms. The molecule has 4 aromatic carbocycles. The van der Waals surface area contributed by atoms with Gasteiger partial charge in [-0.3, -0.25) is 13.9 Å². The van der Waals surface area contributed by atoms with Crippen molar-refractivity contribution in [3.05, 3.63) is 131 Å². The molecule has 8 heteroatoms. The highest BCUT2D eigenvalue weighted by molar-refractivity contribution is 7.92.